The fourth-order valence-electron chi connectivity index (χ4n) is 3.36. The molecule has 0 aromatic rings. The minimum Gasteiger partial charge on any atom is -0.375 e. The van der Waals surface area contributed by atoms with Crippen molar-refractivity contribution in [1.82, 2.24) is 0 Å². The average molecular weight is 325 g/mol. The third-order valence-corrected chi connectivity index (χ3v) is 4.46. The van der Waals surface area contributed by atoms with Crippen LogP contribution >= 0.6 is 0 Å². The molecule has 24 heavy (non-hydrogen) atoms. The van der Waals surface area contributed by atoms with Crippen molar-refractivity contribution < 1.29 is 14.7 Å². The third kappa shape index (κ3) is 3.80. The molecule has 0 amide bonds. The third-order valence-electron chi connectivity index (χ3n) is 4.46. The molecule has 2 rings (SSSR count). The quantitative estimate of drug-likeness (QED) is 0.805. The number of aliphatic hydroxyl groups is 1. The number of carbonyl (C=O) groups excluding carboxylic acids is 2. The summed E-state index contributed by atoms with van der Waals surface area (Å²) in [6, 6.07) is 1.90. The number of allylic oxidation sites excluding steroid dienone is 6. The van der Waals surface area contributed by atoms with Crippen LogP contribution < -0.4 is 0 Å². The van der Waals surface area contributed by atoms with Crippen molar-refractivity contribution in [1.29, 1.82) is 5.26 Å². The zero-order valence-electron chi connectivity index (χ0n) is 14.6. The molecule has 0 aromatic carbocycles. The first kappa shape index (κ1) is 18.1. The van der Waals surface area contributed by atoms with Gasteiger partial charge in [0.1, 0.15) is 0 Å². The highest BCUT2D eigenvalue weighted by molar-refractivity contribution is 6.01. The Bertz CT molecular complexity index is 689. The molecule has 2 aliphatic rings. The van der Waals surface area contributed by atoms with Crippen LogP contribution in [-0.4, -0.2) is 22.3 Å². The molecule has 0 aliphatic heterocycles. The van der Waals surface area contributed by atoms with E-state index in [1.807, 2.05) is 32.1 Å². The molecule has 0 saturated heterocycles. The standard InChI is InChI=1S/C20H23NO3/c1-12-5-14(3)18(22)16(7-12)9-20(24,11-21)10-17-8-13(2)6-15(4)19(17)23/h5-8,14-15,24H,9-10H2,1-4H3. The lowest BCUT2D eigenvalue weighted by molar-refractivity contribution is -0.118. The predicted molar refractivity (Wildman–Crippen MR) is 91.8 cm³/mol. The molecule has 2 atom stereocenters. The molecule has 2 aliphatic carbocycles. The lowest BCUT2D eigenvalue weighted by atomic mass is 9.79. The van der Waals surface area contributed by atoms with E-state index in [2.05, 4.69) is 0 Å². The van der Waals surface area contributed by atoms with Crippen molar-refractivity contribution in [2.75, 3.05) is 0 Å². The Kier molecular flexibility index (Phi) is 5.05. The maximum Gasteiger partial charge on any atom is 0.165 e. The molecule has 0 radical (unpaired) electrons. The van der Waals surface area contributed by atoms with Gasteiger partial charge in [-0.2, -0.15) is 5.26 Å². The summed E-state index contributed by atoms with van der Waals surface area (Å²) in [4.78, 5) is 24.6. The van der Waals surface area contributed by atoms with E-state index in [0.717, 1.165) is 11.1 Å². The molecule has 4 heteroatoms. The van der Waals surface area contributed by atoms with Crippen LogP contribution in [0.25, 0.3) is 0 Å². The van der Waals surface area contributed by atoms with Gasteiger partial charge >= 0.3 is 0 Å². The van der Waals surface area contributed by atoms with Crippen molar-refractivity contribution >= 4 is 11.6 Å². The van der Waals surface area contributed by atoms with E-state index >= 15 is 0 Å². The van der Waals surface area contributed by atoms with Crippen LogP contribution in [0.15, 0.2) is 46.6 Å². The predicted octanol–water partition coefficient (Wildman–Crippen LogP) is 3.20. The molecule has 0 bridgehead atoms. The van der Waals surface area contributed by atoms with Gasteiger partial charge in [-0.1, -0.05) is 49.3 Å². The fourth-order valence-corrected chi connectivity index (χ4v) is 3.36. The number of hydrogen-bond donors (Lipinski definition) is 1. The van der Waals surface area contributed by atoms with Crippen LogP contribution in [0.5, 0.6) is 0 Å². The topological polar surface area (TPSA) is 78.2 Å². The summed E-state index contributed by atoms with van der Waals surface area (Å²) in [5.74, 6) is -0.673. The molecule has 4 nitrogen and oxygen atoms in total. The highest BCUT2D eigenvalue weighted by Crippen LogP contribution is 2.32. The first-order valence-electron chi connectivity index (χ1n) is 8.15. The fraction of sp³-hybridized carbons (Fsp3) is 0.450. The smallest absolute Gasteiger partial charge is 0.165 e. The van der Waals surface area contributed by atoms with Crippen molar-refractivity contribution in [3.63, 3.8) is 0 Å². The summed E-state index contributed by atoms with van der Waals surface area (Å²) >= 11 is 0. The number of carbonyl (C=O) groups is 2. The number of nitriles is 1. The minimum atomic E-state index is -1.77. The largest absolute Gasteiger partial charge is 0.375 e. The number of rotatable bonds is 4. The van der Waals surface area contributed by atoms with Crippen LogP contribution in [0.3, 0.4) is 0 Å². The van der Waals surface area contributed by atoms with E-state index in [9.17, 15) is 20.0 Å². The van der Waals surface area contributed by atoms with E-state index in [4.69, 9.17) is 0 Å². The highest BCUT2D eigenvalue weighted by Gasteiger charge is 2.35. The van der Waals surface area contributed by atoms with Crippen LogP contribution in [0.4, 0.5) is 0 Å². The molecule has 126 valence electrons. The van der Waals surface area contributed by atoms with E-state index < -0.39 is 5.60 Å². The van der Waals surface area contributed by atoms with Crippen molar-refractivity contribution in [2.24, 2.45) is 11.8 Å². The lowest BCUT2D eigenvalue weighted by Gasteiger charge is -2.26. The van der Waals surface area contributed by atoms with Gasteiger partial charge in [-0.25, -0.2) is 0 Å². The summed E-state index contributed by atoms with van der Waals surface area (Å²) in [5.41, 5.74) is 0.999. The van der Waals surface area contributed by atoms with Crippen LogP contribution in [0, 0.1) is 23.2 Å². The van der Waals surface area contributed by atoms with Gasteiger partial charge in [0.2, 0.25) is 0 Å². The van der Waals surface area contributed by atoms with Gasteiger partial charge in [0.05, 0.1) is 6.07 Å². The summed E-state index contributed by atoms with van der Waals surface area (Å²) in [7, 11) is 0. The van der Waals surface area contributed by atoms with E-state index in [-0.39, 0.29) is 36.2 Å². The summed E-state index contributed by atoms with van der Waals surface area (Å²) in [6.45, 7) is 7.37. The van der Waals surface area contributed by atoms with Gasteiger partial charge in [0.25, 0.3) is 0 Å². The SMILES string of the molecule is CC1=CC(C)C(=O)C(CC(O)(C#N)CC2=CC(C)=CC(C)C2=O)=C1. The Balaban J connectivity index is 2.26. The van der Waals surface area contributed by atoms with Crippen LogP contribution in [0.1, 0.15) is 40.5 Å². The van der Waals surface area contributed by atoms with Crippen molar-refractivity contribution in [2.45, 2.75) is 46.1 Å². The highest BCUT2D eigenvalue weighted by atomic mass is 16.3. The van der Waals surface area contributed by atoms with Gasteiger partial charge < -0.3 is 5.11 Å². The number of Topliss-reactive ketones (excluding diaryl/α,β-unsaturated/α-hetero) is 2. The van der Waals surface area contributed by atoms with Gasteiger partial charge in [-0.05, 0) is 25.0 Å². The zero-order valence-corrected chi connectivity index (χ0v) is 14.6. The molecule has 0 saturated carbocycles. The summed E-state index contributed by atoms with van der Waals surface area (Å²) in [5, 5.41) is 20.2. The Hall–Kier alpha value is -2.25. The second kappa shape index (κ2) is 6.70. The maximum atomic E-state index is 12.3. The molecular weight excluding hydrogens is 302 g/mol. The second-order valence-corrected chi connectivity index (χ2v) is 6.96. The van der Waals surface area contributed by atoms with Crippen LogP contribution in [-0.2, 0) is 9.59 Å². The molecule has 0 aromatic heterocycles. The Labute approximate surface area is 142 Å². The molecule has 0 spiro atoms. The van der Waals surface area contributed by atoms with E-state index in [1.54, 1.807) is 26.0 Å². The van der Waals surface area contributed by atoms with Gasteiger partial charge in [0.15, 0.2) is 17.2 Å². The lowest BCUT2D eigenvalue weighted by Crippen LogP contribution is -2.33. The van der Waals surface area contributed by atoms with E-state index in [1.165, 1.54) is 0 Å². The first-order valence-corrected chi connectivity index (χ1v) is 8.15. The monoisotopic (exact) mass is 325 g/mol. The molecular formula is C20H23NO3. The van der Waals surface area contributed by atoms with E-state index in [0.29, 0.717) is 11.1 Å². The van der Waals surface area contributed by atoms with Gasteiger partial charge in [0, 0.05) is 24.7 Å². The second-order valence-electron chi connectivity index (χ2n) is 6.96. The normalized spacial score (nSPS) is 26.7. The summed E-state index contributed by atoms with van der Waals surface area (Å²) in [6.07, 6.45) is 7.02. The molecule has 0 fully saturated rings. The molecule has 1 N–H and O–H groups in total. The van der Waals surface area contributed by atoms with Crippen molar-refractivity contribution in [3.05, 3.63) is 46.6 Å². The van der Waals surface area contributed by atoms with Crippen LogP contribution in [0.2, 0.25) is 0 Å². The average Bonchev–Trinajstić information content (AvgIpc) is 2.49. The van der Waals surface area contributed by atoms with Gasteiger partial charge in [-0.15, -0.1) is 0 Å². The van der Waals surface area contributed by atoms with Gasteiger partial charge in [-0.3, -0.25) is 9.59 Å². The zero-order chi connectivity index (χ0) is 18.1. The first-order chi connectivity index (χ1) is 11.1. The minimum absolute atomic E-state index is 0.0698. The number of ketones is 2. The van der Waals surface area contributed by atoms with Crippen molar-refractivity contribution in [3.8, 4) is 6.07 Å². The molecule has 0 heterocycles. The Morgan fingerprint density at radius 2 is 1.38 bits per heavy atom. The Morgan fingerprint density at radius 1 is 1.00 bits per heavy atom. The number of hydrogen-bond acceptors (Lipinski definition) is 4. The Morgan fingerprint density at radius 3 is 1.71 bits per heavy atom. The summed E-state index contributed by atoms with van der Waals surface area (Å²) < 4.78 is 0. The maximum absolute atomic E-state index is 12.3. The number of nitrogens with zero attached hydrogens (tertiary/aromatic N) is 1. The molecule has 2 unspecified atom stereocenters.